The molecule has 0 aromatic heterocycles. The van der Waals surface area contributed by atoms with E-state index in [0.717, 1.165) is 16.9 Å². The summed E-state index contributed by atoms with van der Waals surface area (Å²) in [5, 5.41) is 0. The molecule has 0 fully saturated rings. The van der Waals surface area contributed by atoms with E-state index in [4.69, 9.17) is 19.9 Å². The summed E-state index contributed by atoms with van der Waals surface area (Å²) in [5.41, 5.74) is 9.99. The zero-order chi connectivity index (χ0) is 16.1. The van der Waals surface area contributed by atoms with Crippen LogP contribution in [0.2, 0.25) is 0 Å². The molecule has 0 saturated heterocycles. The number of anilines is 1. The van der Waals surface area contributed by atoms with Crippen LogP contribution in [0.4, 0.5) is 5.69 Å². The van der Waals surface area contributed by atoms with Gasteiger partial charge >= 0.3 is 0 Å². The Morgan fingerprint density at radius 2 is 1.55 bits per heavy atom. The molecule has 0 saturated carbocycles. The molecule has 0 amide bonds. The van der Waals surface area contributed by atoms with Crippen LogP contribution in [-0.4, -0.2) is 20.3 Å². The van der Waals surface area contributed by atoms with E-state index in [2.05, 4.69) is 32.9 Å². The Kier molecular flexibility index (Phi) is 5.15. The summed E-state index contributed by atoms with van der Waals surface area (Å²) < 4.78 is 16.6. The van der Waals surface area contributed by atoms with Gasteiger partial charge in [-0.05, 0) is 44.0 Å². The zero-order valence-corrected chi connectivity index (χ0v) is 13.6. The third-order valence-corrected chi connectivity index (χ3v) is 3.41. The van der Waals surface area contributed by atoms with Crippen LogP contribution in [0, 0.1) is 20.8 Å². The quantitative estimate of drug-likeness (QED) is 0.653. The maximum Gasteiger partial charge on any atom is 0.142 e. The van der Waals surface area contributed by atoms with Crippen LogP contribution in [0.15, 0.2) is 30.3 Å². The number of ether oxygens (including phenoxy) is 3. The third-order valence-electron chi connectivity index (χ3n) is 3.41. The lowest BCUT2D eigenvalue weighted by atomic mass is 10.1. The van der Waals surface area contributed by atoms with E-state index >= 15 is 0 Å². The summed E-state index contributed by atoms with van der Waals surface area (Å²) in [7, 11) is 1.61. The molecule has 2 aromatic carbocycles. The van der Waals surface area contributed by atoms with Gasteiger partial charge < -0.3 is 19.9 Å². The Bertz CT molecular complexity index is 630. The Labute approximate surface area is 131 Å². The molecule has 0 radical (unpaired) electrons. The fourth-order valence-electron chi connectivity index (χ4n) is 2.47. The molecule has 0 heterocycles. The van der Waals surface area contributed by atoms with Crippen LogP contribution in [0.1, 0.15) is 16.7 Å². The smallest absolute Gasteiger partial charge is 0.142 e. The molecule has 0 unspecified atom stereocenters. The van der Waals surface area contributed by atoms with Crippen molar-refractivity contribution in [1.82, 2.24) is 0 Å². The van der Waals surface area contributed by atoms with Gasteiger partial charge in [0, 0.05) is 6.07 Å². The monoisotopic (exact) mass is 301 g/mol. The largest absolute Gasteiger partial charge is 0.497 e. The second-order valence-electron chi connectivity index (χ2n) is 5.33. The molecule has 0 aliphatic heterocycles. The molecule has 2 N–H and O–H groups in total. The molecule has 2 rings (SSSR count). The van der Waals surface area contributed by atoms with Crippen molar-refractivity contribution in [2.24, 2.45) is 0 Å². The highest BCUT2D eigenvalue weighted by molar-refractivity contribution is 5.56. The predicted octanol–water partition coefficient (Wildman–Crippen LogP) is 3.66. The lowest BCUT2D eigenvalue weighted by Crippen LogP contribution is -2.11. The SMILES string of the molecule is COc1ccc(OCCOc2c(C)cc(C)cc2C)c(N)c1. The molecule has 4 nitrogen and oxygen atoms in total. The average molecular weight is 301 g/mol. The fraction of sp³-hybridized carbons (Fsp3) is 0.333. The third kappa shape index (κ3) is 3.85. The minimum absolute atomic E-state index is 0.434. The van der Waals surface area contributed by atoms with E-state index in [1.807, 2.05) is 6.07 Å². The van der Waals surface area contributed by atoms with Gasteiger partial charge in [-0.3, -0.25) is 0 Å². The number of hydrogen-bond acceptors (Lipinski definition) is 4. The first-order chi connectivity index (χ1) is 10.5. The van der Waals surface area contributed by atoms with Gasteiger partial charge in [-0.25, -0.2) is 0 Å². The van der Waals surface area contributed by atoms with Crippen molar-refractivity contribution in [3.63, 3.8) is 0 Å². The van der Waals surface area contributed by atoms with Crippen LogP contribution < -0.4 is 19.9 Å². The van der Waals surface area contributed by atoms with Gasteiger partial charge in [0.25, 0.3) is 0 Å². The molecular weight excluding hydrogens is 278 g/mol. The number of aryl methyl sites for hydroxylation is 3. The van der Waals surface area contributed by atoms with Crippen molar-refractivity contribution >= 4 is 5.69 Å². The van der Waals surface area contributed by atoms with Gasteiger partial charge in [0.15, 0.2) is 0 Å². The van der Waals surface area contributed by atoms with Crippen molar-refractivity contribution in [3.05, 3.63) is 47.0 Å². The van der Waals surface area contributed by atoms with Gasteiger partial charge in [0.05, 0.1) is 12.8 Å². The van der Waals surface area contributed by atoms with E-state index < -0.39 is 0 Å². The summed E-state index contributed by atoms with van der Waals surface area (Å²) in [6, 6.07) is 9.59. The van der Waals surface area contributed by atoms with Crippen molar-refractivity contribution < 1.29 is 14.2 Å². The first-order valence-electron chi connectivity index (χ1n) is 7.28. The summed E-state index contributed by atoms with van der Waals surface area (Å²) in [6.45, 7) is 7.09. The lowest BCUT2D eigenvalue weighted by molar-refractivity contribution is 0.216. The number of benzene rings is 2. The van der Waals surface area contributed by atoms with Crippen LogP contribution in [0.3, 0.4) is 0 Å². The minimum Gasteiger partial charge on any atom is -0.497 e. The molecule has 0 bridgehead atoms. The van der Waals surface area contributed by atoms with Gasteiger partial charge in [-0.2, -0.15) is 0 Å². The van der Waals surface area contributed by atoms with Crippen LogP contribution >= 0.6 is 0 Å². The van der Waals surface area contributed by atoms with Crippen molar-refractivity contribution in [1.29, 1.82) is 0 Å². The van der Waals surface area contributed by atoms with Crippen LogP contribution in [0.5, 0.6) is 17.2 Å². The van der Waals surface area contributed by atoms with Gasteiger partial charge in [-0.1, -0.05) is 17.7 Å². The standard InChI is InChI=1S/C18H23NO3/c1-12-9-13(2)18(14(3)10-12)22-8-7-21-17-6-5-15(20-4)11-16(17)19/h5-6,9-11H,7-8,19H2,1-4H3. The lowest BCUT2D eigenvalue weighted by Gasteiger charge is -2.14. The number of methoxy groups -OCH3 is 1. The van der Waals surface area contributed by atoms with E-state index in [-0.39, 0.29) is 0 Å². The van der Waals surface area contributed by atoms with Crippen molar-refractivity contribution in [3.8, 4) is 17.2 Å². The highest BCUT2D eigenvalue weighted by Crippen LogP contribution is 2.27. The average Bonchev–Trinajstić information content (AvgIpc) is 2.46. The Hall–Kier alpha value is -2.36. The Morgan fingerprint density at radius 3 is 2.14 bits per heavy atom. The molecular formula is C18H23NO3. The topological polar surface area (TPSA) is 53.7 Å². The van der Waals surface area contributed by atoms with Crippen molar-refractivity contribution in [2.75, 3.05) is 26.1 Å². The van der Waals surface area contributed by atoms with Crippen molar-refractivity contribution in [2.45, 2.75) is 20.8 Å². The number of nitrogen functional groups attached to an aromatic ring is 1. The predicted molar refractivity (Wildman–Crippen MR) is 89.0 cm³/mol. The number of hydrogen-bond donors (Lipinski definition) is 1. The minimum atomic E-state index is 0.434. The second kappa shape index (κ2) is 7.07. The molecule has 0 aliphatic rings. The first kappa shape index (κ1) is 16.0. The highest BCUT2D eigenvalue weighted by atomic mass is 16.5. The first-order valence-corrected chi connectivity index (χ1v) is 7.28. The maximum absolute atomic E-state index is 5.91. The number of rotatable bonds is 6. The summed E-state index contributed by atoms with van der Waals surface area (Å²) in [5.74, 6) is 2.28. The zero-order valence-electron chi connectivity index (χ0n) is 13.6. The fourth-order valence-corrected chi connectivity index (χ4v) is 2.47. The molecule has 0 spiro atoms. The molecule has 22 heavy (non-hydrogen) atoms. The molecule has 118 valence electrons. The molecule has 2 aromatic rings. The van der Waals surface area contributed by atoms with Gasteiger partial charge in [0.1, 0.15) is 30.5 Å². The van der Waals surface area contributed by atoms with Crippen LogP contribution in [-0.2, 0) is 0 Å². The second-order valence-corrected chi connectivity index (χ2v) is 5.33. The summed E-state index contributed by atoms with van der Waals surface area (Å²) in [4.78, 5) is 0. The van der Waals surface area contributed by atoms with Gasteiger partial charge in [-0.15, -0.1) is 0 Å². The normalized spacial score (nSPS) is 10.4. The maximum atomic E-state index is 5.91. The van der Waals surface area contributed by atoms with E-state index in [1.54, 1.807) is 19.2 Å². The van der Waals surface area contributed by atoms with E-state index in [9.17, 15) is 0 Å². The highest BCUT2D eigenvalue weighted by Gasteiger charge is 2.06. The van der Waals surface area contributed by atoms with Crippen LogP contribution in [0.25, 0.3) is 0 Å². The number of nitrogens with two attached hydrogens (primary N) is 1. The summed E-state index contributed by atoms with van der Waals surface area (Å²) in [6.07, 6.45) is 0. The Morgan fingerprint density at radius 1 is 0.909 bits per heavy atom. The Balaban J connectivity index is 1.90. The molecule has 4 heteroatoms. The molecule has 0 aliphatic carbocycles. The van der Waals surface area contributed by atoms with E-state index in [1.165, 1.54) is 5.56 Å². The van der Waals surface area contributed by atoms with E-state index in [0.29, 0.717) is 30.4 Å². The molecule has 0 atom stereocenters. The summed E-state index contributed by atoms with van der Waals surface area (Å²) >= 11 is 0. The van der Waals surface area contributed by atoms with Gasteiger partial charge in [0.2, 0.25) is 0 Å².